The first-order valence-corrected chi connectivity index (χ1v) is 14.5. The quantitative estimate of drug-likeness (QED) is 0.144. The Morgan fingerprint density at radius 2 is 1.69 bits per heavy atom. The van der Waals surface area contributed by atoms with Crippen LogP contribution in [0.2, 0.25) is 0 Å². The summed E-state index contributed by atoms with van der Waals surface area (Å²) in [7, 11) is 1.30. The van der Waals surface area contributed by atoms with E-state index >= 15 is 0 Å². The number of carboxylic acids is 1. The third kappa shape index (κ3) is 5.34. The second-order valence-corrected chi connectivity index (χ2v) is 11.1. The number of ether oxygens (including phenoxy) is 1. The number of unbranched alkanes of at least 4 members (excludes halogenated alkanes) is 2. The number of nitrogens with zero attached hydrogens (tertiary/aromatic N) is 1. The van der Waals surface area contributed by atoms with Gasteiger partial charge in [-0.1, -0.05) is 86.5 Å². The van der Waals surface area contributed by atoms with Gasteiger partial charge in [0.2, 0.25) is 11.8 Å². The van der Waals surface area contributed by atoms with E-state index in [1.165, 1.54) is 12.0 Å². The van der Waals surface area contributed by atoms with Gasteiger partial charge < -0.3 is 9.84 Å². The molecule has 0 aromatic heterocycles. The molecule has 2 N–H and O–H groups in total. The minimum absolute atomic E-state index is 0.0227. The second-order valence-electron chi connectivity index (χ2n) is 11.1. The fourth-order valence-corrected chi connectivity index (χ4v) is 6.38. The smallest absolute Gasteiger partial charge is 0.337 e. The maximum atomic E-state index is 14.0. The largest absolute Gasteiger partial charge is 0.480 e. The predicted octanol–water partition coefficient (Wildman–Crippen LogP) is 5.07. The summed E-state index contributed by atoms with van der Waals surface area (Å²) in [6, 6.07) is 19.4. The molecule has 4 atom stereocenters. The number of hydrogen-bond donors (Lipinski definition) is 2. The summed E-state index contributed by atoms with van der Waals surface area (Å²) in [5.41, 5.74) is 0.00203. The average Bonchev–Trinajstić information content (AvgIpc) is 3.48. The van der Waals surface area contributed by atoms with Crippen molar-refractivity contribution in [2.75, 3.05) is 13.7 Å². The van der Waals surface area contributed by atoms with Gasteiger partial charge in [0, 0.05) is 19.0 Å². The number of benzene rings is 3. The Hall–Kier alpha value is -4.30. The van der Waals surface area contributed by atoms with Gasteiger partial charge in [0.1, 0.15) is 5.54 Å². The Kier molecular flexibility index (Phi) is 8.54. The fraction of sp³-hybridized carbons (Fsp3) is 0.353. The number of imide groups is 1. The molecule has 0 aliphatic carbocycles. The zero-order chi connectivity index (χ0) is 29.9. The maximum absolute atomic E-state index is 14.0. The van der Waals surface area contributed by atoms with E-state index in [0.29, 0.717) is 17.5 Å². The van der Waals surface area contributed by atoms with Gasteiger partial charge in [-0.15, -0.1) is 0 Å². The van der Waals surface area contributed by atoms with Crippen LogP contribution in [0.3, 0.4) is 0 Å². The highest BCUT2D eigenvalue weighted by Gasteiger charge is 2.68. The number of rotatable bonds is 11. The Labute approximate surface area is 245 Å². The molecular weight excluding hydrogens is 532 g/mol. The van der Waals surface area contributed by atoms with Crippen LogP contribution in [0.1, 0.15) is 60.1 Å². The molecule has 3 aromatic rings. The Morgan fingerprint density at radius 3 is 2.38 bits per heavy atom. The number of aliphatic carboxylic acids is 1. The van der Waals surface area contributed by atoms with Crippen molar-refractivity contribution < 1.29 is 29.0 Å². The summed E-state index contributed by atoms with van der Waals surface area (Å²) in [5.74, 6) is -4.51. The molecule has 5 rings (SSSR count). The van der Waals surface area contributed by atoms with Crippen LogP contribution in [-0.2, 0) is 25.5 Å². The molecule has 2 fully saturated rings. The van der Waals surface area contributed by atoms with Crippen LogP contribution in [0.25, 0.3) is 10.8 Å². The summed E-state index contributed by atoms with van der Waals surface area (Å²) in [5, 5.41) is 16.0. The normalized spacial score (nSPS) is 23.6. The van der Waals surface area contributed by atoms with E-state index in [-0.39, 0.29) is 18.9 Å². The molecule has 42 heavy (non-hydrogen) atoms. The van der Waals surface area contributed by atoms with Crippen LogP contribution in [0.4, 0.5) is 0 Å². The third-order valence-electron chi connectivity index (χ3n) is 8.53. The van der Waals surface area contributed by atoms with Gasteiger partial charge in [-0.2, -0.15) is 0 Å². The topological polar surface area (TPSA) is 113 Å². The number of carboxylic acid groups (broad SMARTS) is 1. The number of likely N-dealkylation sites (tertiary alicyclic amines) is 1. The van der Waals surface area contributed by atoms with Crippen molar-refractivity contribution >= 4 is 34.5 Å². The number of amides is 2. The van der Waals surface area contributed by atoms with Gasteiger partial charge in [0.25, 0.3) is 0 Å². The summed E-state index contributed by atoms with van der Waals surface area (Å²) >= 11 is 0. The molecule has 8 nitrogen and oxygen atoms in total. The number of fused-ring (bicyclic) bond motifs is 2. The van der Waals surface area contributed by atoms with Crippen LogP contribution in [0.15, 0.2) is 78.9 Å². The second kappa shape index (κ2) is 12.3. The first kappa shape index (κ1) is 29.2. The number of nitrogens with one attached hydrogen (secondary N) is 1. The molecule has 2 aliphatic heterocycles. The number of esters is 1. The standard InChI is InChI=1S/C34H36N2O6/c1-3-4-5-6-7-10-19-36-30(37)27-28(31(36)38)34(33(40)41,21-22-13-14-23-11-8-9-12-26(23)20-22)35-29(27)24-15-17-25(18-16-24)32(39)42-2/h6-9,11-18,20,27-29,35H,3-5,10,19,21H2,1-2H3,(H,40,41)/b7-6+. The molecule has 8 heteroatoms. The van der Waals surface area contributed by atoms with Crippen molar-refractivity contribution in [1.82, 2.24) is 10.2 Å². The Morgan fingerprint density at radius 1 is 0.976 bits per heavy atom. The van der Waals surface area contributed by atoms with E-state index in [1.54, 1.807) is 24.3 Å². The van der Waals surface area contributed by atoms with E-state index in [2.05, 4.69) is 18.3 Å². The number of carbonyl (C=O) groups is 4. The lowest BCUT2D eigenvalue weighted by atomic mass is 9.76. The van der Waals surface area contributed by atoms with Crippen LogP contribution >= 0.6 is 0 Å². The van der Waals surface area contributed by atoms with Crippen LogP contribution < -0.4 is 5.32 Å². The number of hydrogen-bond acceptors (Lipinski definition) is 6. The first-order valence-electron chi connectivity index (χ1n) is 14.5. The molecule has 0 radical (unpaired) electrons. The Balaban J connectivity index is 1.52. The molecule has 0 bridgehead atoms. The van der Waals surface area contributed by atoms with E-state index in [9.17, 15) is 24.3 Å². The summed E-state index contributed by atoms with van der Waals surface area (Å²) in [6.07, 6.45) is 7.66. The molecule has 2 saturated heterocycles. The average molecular weight is 569 g/mol. The van der Waals surface area contributed by atoms with E-state index in [1.807, 2.05) is 48.5 Å². The van der Waals surface area contributed by atoms with Crippen molar-refractivity contribution in [3.63, 3.8) is 0 Å². The highest BCUT2D eigenvalue weighted by Crippen LogP contribution is 2.50. The predicted molar refractivity (Wildman–Crippen MR) is 159 cm³/mol. The molecule has 0 saturated carbocycles. The lowest BCUT2D eigenvalue weighted by Gasteiger charge is -2.31. The van der Waals surface area contributed by atoms with Crippen molar-refractivity contribution in [3.05, 3.63) is 95.6 Å². The van der Waals surface area contributed by atoms with Crippen LogP contribution in [-0.4, -0.2) is 53.0 Å². The molecule has 0 spiro atoms. The fourth-order valence-electron chi connectivity index (χ4n) is 6.38. The lowest BCUT2D eigenvalue weighted by molar-refractivity contribution is -0.151. The van der Waals surface area contributed by atoms with Crippen LogP contribution in [0, 0.1) is 11.8 Å². The molecule has 2 heterocycles. The number of allylic oxidation sites excluding steroid dienone is 1. The zero-order valence-corrected chi connectivity index (χ0v) is 23.9. The lowest BCUT2D eigenvalue weighted by Crippen LogP contribution is -2.57. The Bertz CT molecular complexity index is 1530. The molecule has 2 aliphatic rings. The molecular formula is C34H36N2O6. The zero-order valence-electron chi connectivity index (χ0n) is 23.9. The van der Waals surface area contributed by atoms with Gasteiger partial charge >= 0.3 is 11.9 Å². The molecule has 218 valence electrons. The number of carbonyl (C=O) groups excluding carboxylic acids is 3. The summed E-state index contributed by atoms with van der Waals surface area (Å²) in [6.45, 7) is 2.32. The monoisotopic (exact) mass is 568 g/mol. The maximum Gasteiger partial charge on any atom is 0.337 e. The summed E-state index contributed by atoms with van der Waals surface area (Å²) < 4.78 is 4.80. The van der Waals surface area contributed by atoms with Crippen molar-refractivity contribution in [3.8, 4) is 0 Å². The van der Waals surface area contributed by atoms with Gasteiger partial charge in [0.15, 0.2) is 0 Å². The SMILES string of the molecule is CCCC/C=C/CCN1C(=O)C2C(c3ccc(C(=O)OC)cc3)NC(Cc3ccc4ccccc4c3)(C(=O)O)C2C1=O. The van der Waals surface area contributed by atoms with Gasteiger partial charge in [-0.25, -0.2) is 4.79 Å². The summed E-state index contributed by atoms with van der Waals surface area (Å²) in [4.78, 5) is 54.3. The van der Waals surface area contributed by atoms with E-state index in [4.69, 9.17) is 4.74 Å². The minimum Gasteiger partial charge on any atom is -0.480 e. The number of methoxy groups -OCH3 is 1. The van der Waals surface area contributed by atoms with Gasteiger partial charge in [-0.3, -0.25) is 24.6 Å². The molecule has 4 unspecified atom stereocenters. The van der Waals surface area contributed by atoms with E-state index < -0.39 is 41.3 Å². The van der Waals surface area contributed by atoms with Crippen LogP contribution in [0.5, 0.6) is 0 Å². The molecule has 3 aromatic carbocycles. The molecule has 2 amide bonds. The van der Waals surface area contributed by atoms with Gasteiger partial charge in [-0.05, 0) is 46.9 Å². The first-order chi connectivity index (χ1) is 20.3. The van der Waals surface area contributed by atoms with Crippen molar-refractivity contribution in [1.29, 1.82) is 0 Å². The van der Waals surface area contributed by atoms with Crippen molar-refractivity contribution in [2.24, 2.45) is 11.8 Å². The highest BCUT2D eigenvalue weighted by atomic mass is 16.5. The van der Waals surface area contributed by atoms with E-state index in [0.717, 1.165) is 35.6 Å². The van der Waals surface area contributed by atoms with Gasteiger partial charge in [0.05, 0.1) is 24.5 Å². The highest BCUT2D eigenvalue weighted by molar-refractivity contribution is 6.09. The van der Waals surface area contributed by atoms with Crippen molar-refractivity contribution in [2.45, 2.75) is 50.6 Å². The minimum atomic E-state index is -1.71. The third-order valence-corrected chi connectivity index (χ3v) is 8.53.